The zero-order valence-electron chi connectivity index (χ0n) is 11.0. The van der Waals surface area contributed by atoms with Crippen LogP contribution in [-0.2, 0) is 26.2 Å². The van der Waals surface area contributed by atoms with Crippen LogP contribution in [0.1, 0.15) is 41.0 Å². The smallest absolute Gasteiger partial charge is 1.00 e. The third-order valence-corrected chi connectivity index (χ3v) is 2.29. The van der Waals surface area contributed by atoms with E-state index in [0.29, 0.717) is 0 Å². The number of rotatable bonds is 2. The molecule has 0 fully saturated rings. The van der Waals surface area contributed by atoms with Crippen LogP contribution < -0.4 is 12.4 Å². The molecular formula is C14H19ClZr-2. The Balaban J connectivity index is -0.000000196. The van der Waals surface area contributed by atoms with E-state index >= 15 is 0 Å². The predicted molar refractivity (Wildman–Crippen MR) is 62.7 cm³/mol. The van der Waals surface area contributed by atoms with Crippen molar-refractivity contribution in [3.63, 3.8) is 0 Å². The van der Waals surface area contributed by atoms with Gasteiger partial charge in [-0.3, -0.25) is 12.2 Å². The van der Waals surface area contributed by atoms with Gasteiger partial charge < -0.3 is 13.8 Å². The molecule has 2 aliphatic carbocycles. The van der Waals surface area contributed by atoms with E-state index in [4.69, 9.17) is 0 Å². The van der Waals surface area contributed by atoms with Gasteiger partial charge in [0, 0.05) is 0 Å². The molecule has 0 aromatic carbocycles. The topological polar surface area (TPSA) is 0 Å². The minimum absolute atomic E-state index is 0. The summed E-state index contributed by atoms with van der Waals surface area (Å²) in [5, 5.41) is 0. The normalized spacial score (nSPS) is 15.4. The molecule has 88 valence electrons. The fourth-order valence-electron chi connectivity index (χ4n) is 1.39. The molecule has 16 heavy (non-hydrogen) atoms. The molecule has 0 heterocycles. The Morgan fingerprint density at radius 1 is 1.00 bits per heavy atom. The SMILES string of the molecule is CCC1=[C-]CC=C1.CCC1=[C-]CC=C1.[Cl-].[H-].[Zr+2]. The summed E-state index contributed by atoms with van der Waals surface area (Å²) in [5.41, 5.74) is 2.72. The first-order chi connectivity index (χ1) is 6.86. The van der Waals surface area contributed by atoms with Crippen LogP contribution in [-0.4, -0.2) is 0 Å². The van der Waals surface area contributed by atoms with Crippen LogP contribution in [0, 0.1) is 12.2 Å². The van der Waals surface area contributed by atoms with E-state index in [1.807, 2.05) is 0 Å². The number of allylic oxidation sites excluding steroid dienone is 8. The van der Waals surface area contributed by atoms with E-state index in [2.05, 4.69) is 50.3 Å². The largest absolute Gasteiger partial charge is 2.00 e. The fraction of sp³-hybridized carbons (Fsp3) is 0.429. The summed E-state index contributed by atoms with van der Waals surface area (Å²) in [6.07, 6.45) is 19.3. The third-order valence-electron chi connectivity index (χ3n) is 2.29. The zero-order valence-corrected chi connectivity index (χ0v) is 13.2. The maximum atomic E-state index is 3.21. The Morgan fingerprint density at radius 3 is 1.50 bits per heavy atom. The van der Waals surface area contributed by atoms with Gasteiger partial charge in [-0.05, 0) is 0 Å². The van der Waals surface area contributed by atoms with Gasteiger partial charge in [0.1, 0.15) is 0 Å². The summed E-state index contributed by atoms with van der Waals surface area (Å²) < 4.78 is 0. The second-order valence-corrected chi connectivity index (χ2v) is 3.32. The average Bonchev–Trinajstić information content (AvgIpc) is 2.92. The minimum atomic E-state index is 0. The quantitative estimate of drug-likeness (QED) is 0.674. The number of hydrogen-bond donors (Lipinski definition) is 0. The molecule has 2 aliphatic rings. The number of hydrogen-bond acceptors (Lipinski definition) is 0. The molecule has 0 aliphatic heterocycles. The van der Waals surface area contributed by atoms with Crippen molar-refractivity contribution in [2.45, 2.75) is 39.5 Å². The summed E-state index contributed by atoms with van der Waals surface area (Å²) in [6, 6.07) is 0. The van der Waals surface area contributed by atoms with Crippen LogP contribution in [0.5, 0.6) is 0 Å². The van der Waals surface area contributed by atoms with E-state index in [0.717, 1.165) is 25.7 Å². The minimum Gasteiger partial charge on any atom is -1.00 e. The molecular weight excluding hydrogens is 295 g/mol. The second-order valence-electron chi connectivity index (χ2n) is 3.32. The van der Waals surface area contributed by atoms with Gasteiger partial charge in [0.05, 0.1) is 0 Å². The maximum absolute atomic E-state index is 3.21. The number of halogens is 1. The Labute approximate surface area is 127 Å². The molecule has 0 atom stereocenters. The van der Waals surface area contributed by atoms with Gasteiger partial charge in [-0.15, -0.1) is 12.8 Å². The standard InChI is InChI=1S/2C7H9.ClH.Zr.H/c2*1-2-7-5-3-4-6-7;;;/h2*3,5H,2,4H2,1H3;1H;;/q2*-1;;+2;-1/p-1. The Morgan fingerprint density at radius 2 is 1.38 bits per heavy atom. The predicted octanol–water partition coefficient (Wildman–Crippen LogP) is 1.29. The van der Waals surface area contributed by atoms with Crippen molar-refractivity contribution in [2.24, 2.45) is 0 Å². The first kappa shape index (κ1) is 18.5. The molecule has 0 bridgehead atoms. The van der Waals surface area contributed by atoms with Gasteiger partial charge in [0.2, 0.25) is 0 Å². The third kappa shape index (κ3) is 7.41. The zero-order chi connectivity index (χ0) is 10.2. The van der Waals surface area contributed by atoms with Crippen LogP contribution in [0.2, 0.25) is 0 Å². The second kappa shape index (κ2) is 11.6. The van der Waals surface area contributed by atoms with Crippen LogP contribution >= 0.6 is 0 Å². The van der Waals surface area contributed by atoms with Gasteiger partial charge >= 0.3 is 26.2 Å². The Hall–Kier alpha value is 0.133. The summed E-state index contributed by atoms with van der Waals surface area (Å²) in [6.45, 7) is 4.30. The van der Waals surface area contributed by atoms with Crippen LogP contribution in [0.25, 0.3) is 0 Å². The maximum Gasteiger partial charge on any atom is 2.00 e. The van der Waals surface area contributed by atoms with E-state index in [9.17, 15) is 0 Å². The molecule has 0 saturated carbocycles. The molecule has 2 rings (SSSR count). The molecule has 2 heteroatoms. The molecule has 0 spiro atoms. The first-order valence-corrected chi connectivity index (χ1v) is 5.39. The van der Waals surface area contributed by atoms with Crippen molar-refractivity contribution in [1.29, 1.82) is 0 Å². The van der Waals surface area contributed by atoms with Crippen LogP contribution in [0.15, 0.2) is 35.5 Å². The van der Waals surface area contributed by atoms with Crippen molar-refractivity contribution < 1.29 is 40.0 Å². The van der Waals surface area contributed by atoms with E-state index in [-0.39, 0.29) is 40.0 Å². The monoisotopic (exact) mass is 312 g/mol. The molecule has 0 N–H and O–H groups in total. The summed E-state index contributed by atoms with van der Waals surface area (Å²) >= 11 is 0. The molecule has 0 aromatic heterocycles. The Kier molecular flexibility index (Phi) is 13.4. The van der Waals surface area contributed by atoms with Crippen molar-refractivity contribution in [3.05, 3.63) is 47.6 Å². The van der Waals surface area contributed by atoms with Crippen LogP contribution in [0.4, 0.5) is 0 Å². The summed E-state index contributed by atoms with van der Waals surface area (Å²) in [5.74, 6) is 0. The van der Waals surface area contributed by atoms with Gasteiger partial charge in [0.15, 0.2) is 0 Å². The van der Waals surface area contributed by atoms with Crippen molar-refractivity contribution in [2.75, 3.05) is 0 Å². The first-order valence-electron chi connectivity index (χ1n) is 5.39. The van der Waals surface area contributed by atoms with Crippen molar-refractivity contribution in [1.82, 2.24) is 0 Å². The summed E-state index contributed by atoms with van der Waals surface area (Å²) in [4.78, 5) is 0. The average molecular weight is 314 g/mol. The summed E-state index contributed by atoms with van der Waals surface area (Å²) in [7, 11) is 0. The van der Waals surface area contributed by atoms with Gasteiger partial charge in [-0.2, -0.15) is 12.2 Å². The van der Waals surface area contributed by atoms with Gasteiger partial charge in [0.25, 0.3) is 0 Å². The Bertz CT molecular complexity index is 261. The molecule has 0 unspecified atom stereocenters. The van der Waals surface area contributed by atoms with E-state index in [1.165, 1.54) is 11.1 Å². The van der Waals surface area contributed by atoms with E-state index < -0.39 is 0 Å². The molecule has 0 nitrogen and oxygen atoms in total. The van der Waals surface area contributed by atoms with Crippen molar-refractivity contribution >= 4 is 0 Å². The molecule has 0 amide bonds. The van der Waals surface area contributed by atoms with Crippen LogP contribution in [0.3, 0.4) is 0 Å². The van der Waals surface area contributed by atoms with Crippen molar-refractivity contribution in [3.8, 4) is 0 Å². The van der Waals surface area contributed by atoms with Gasteiger partial charge in [-0.1, -0.05) is 26.7 Å². The van der Waals surface area contributed by atoms with Gasteiger partial charge in [-0.25, -0.2) is 23.3 Å². The van der Waals surface area contributed by atoms with E-state index in [1.54, 1.807) is 0 Å². The molecule has 0 radical (unpaired) electrons. The molecule has 0 saturated heterocycles. The molecule has 0 aromatic rings. The fourth-order valence-corrected chi connectivity index (χ4v) is 1.39.